The van der Waals surface area contributed by atoms with Gasteiger partial charge in [-0.2, -0.15) is 4.98 Å². The molecule has 2 aromatic rings. The first-order valence-corrected chi connectivity index (χ1v) is 9.42. The molecule has 2 aliphatic rings. The zero-order chi connectivity index (χ0) is 17.8. The topological polar surface area (TPSA) is 81.4 Å². The third-order valence-corrected chi connectivity index (χ3v) is 5.33. The maximum atomic E-state index is 12.8. The summed E-state index contributed by atoms with van der Waals surface area (Å²) in [6.45, 7) is 2.28. The monoisotopic (exact) mass is 356 g/mol. The Balaban J connectivity index is 1.35. The Hall–Kier alpha value is -2.28. The van der Waals surface area contributed by atoms with E-state index in [1.54, 1.807) is 12.4 Å². The Labute approximate surface area is 152 Å². The number of carbonyl (C=O) groups is 1. The number of ether oxygens (including phenoxy) is 1. The van der Waals surface area contributed by atoms with Crippen LogP contribution in [0.25, 0.3) is 11.5 Å². The second-order valence-electron chi connectivity index (χ2n) is 7.00. The van der Waals surface area contributed by atoms with E-state index in [4.69, 9.17) is 9.26 Å². The van der Waals surface area contributed by atoms with Gasteiger partial charge in [-0.15, -0.1) is 0 Å². The Morgan fingerprint density at radius 2 is 2.00 bits per heavy atom. The van der Waals surface area contributed by atoms with E-state index in [2.05, 4.69) is 20.0 Å². The van der Waals surface area contributed by atoms with Crippen LogP contribution in [-0.2, 0) is 16.0 Å². The van der Waals surface area contributed by atoms with E-state index in [-0.39, 0.29) is 12.0 Å². The van der Waals surface area contributed by atoms with Gasteiger partial charge in [0.1, 0.15) is 0 Å². The Morgan fingerprint density at radius 1 is 1.19 bits per heavy atom. The van der Waals surface area contributed by atoms with Gasteiger partial charge in [0.05, 0.1) is 0 Å². The molecule has 0 aliphatic carbocycles. The zero-order valence-corrected chi connectivity index (χ0v) is 14.8. The van der Waals surface area contributed by atoms with Crippen molar-refractivity contribution in [3.8, 4) is 11.5 Å². The lowest BCUT2D eigenvalue weighted by Crippen LogP contribution is -2.41. The van der Waals surface area contributed by atoms with Crippen molar-refractivity contribution in [1.29, 1.82) is 0 Å². The lowest BCUT2D eigenvalue weighted by Gasteiger charge is -2.30. The van der Waals surface area contributed by atoms with E-state index >= 15 is 0 Å². The number of aryl methyl sites for hydroxylation is 1. The SMILES string of the molecule is O=C(C1CCOCC1)N1CCCC1CCc1noc(-c2ccncc2)n1. The highest BCUT2D eigenvalue weighted by Gasteiger charge is 2.33. The summed E-state index contributed by atoms with van der Waals surface area (Å²) < 4.78 is 10.7. The molecule has 2 aromatic heterocycles. The molecular weight excluding hydrogens is 332 g/mol. The third-order valence-electron chi connectivity index (χ3n) is 5.33. The number of amides is 1. The van der Waals surface area contributed by atoms with Gasteiger partial charge in [-0.25, -0.2) is 0 Å². The van der Waals surface area contributed by atoms with Crippen molar-refractivity contribution < 1.29 is 14.1 Å². The van der Waals surface area contributed by atoms with Crippen LogP contribution in [0.2, 0.25) is 0 Å². The summed E-state index contributed by atoms with van der Waals surface area (Å²) in [6.07, 6.45) is 8.85. The minimum atomic E-state index is 0.132. The fourth-order valence-electron chi connectivity index (χ4n) is 3.87. The number of carbonyl (C=O) groups excluding carboxylic acids is 1. The van der Waals surface area contributed by atoms with Gasteiger partial charge in [0.2, 0.25) is 5.91 Å². The van der Waals surface area contributed by atoms with Crippen LogP contribution >= 0.6 is 0 Å². The molecule has 1 atom stereocenters. The van der Waals surface area contributed by atoms with Crippen LogP contribution in [0.3, 0.4) is 0 Å². The average molecular weight is 356 g/mol. The van der Waals surface area contributed by atoms with Gasteiger partial charge in [0, 0.05) is 56.1 Å². The van der Waals surface area contributed by atoms with Gasteiger partial charge in [-0.05, 0) is 44.2 Å². The molecule has 1 amide bonds. The van der Waals surface area contributed by atoms with Gasteiger partial charge >= 0.3 is 0 Å². The Morgan fingerprint density at radius 3 is 2.81 bits per heavy atom. The van der Waals surface area contributed by atoms with E-state index in [1.165, 1.54) is 0 Å². The van der Waals surface area contributed by atoms with Crippen LogP contribution in [0, 0.1) is 5.92 Å². The van der Waals surface area contributed by atoms with Crippen LogP contribution in [0.5, 0.6) is 0 Å². The van der Waals surface area contributed by atoms with Crippen LogP contribution in [0.4, 0.5) is 0 Å². The molecule has 7 heteroatoms. The van der Waals surface area contributed by atoms with Crippen LogP contribution in [0.1, 0.15) is 37.9 Å². The highest BCUT2D eigenvalue weighted by atomic mass is 16.5. The summed E-state index contributed by atoms with van der Waals surface area (Å²) in [6, 6.07) is 3.98. The van der Waals surface area contributed by atoms with Gasteiger partial charge in [-0.1, -0.05) is 5.16 Å². The predicted octanol–water partition coefficient (Wildman–Crippen LogP) is 2.48. The summed E-state index contributed by atoms with van der Waals surface area (Å²) in [5, 5.41) is 4.09. The molecular formula is C19H24N4O3. The van der Waals surface area contributed by atoms with E-state index in [9.17, 15) is 4.79 Å². The van der Waals surface area contributed by atoms with Gasteiger partial charge in [0.15, 0.2) is 5.82 Å². The second-order valence-corrected chi connectivity index (χ2v) is 7.00. The van der Waals surface area contributed by atoms with Crippen molar-refractivity contribution in [2.45, 2.75) is 44.6 Å². The Bertz CT molecular complexity index is 727. The zero-order valence-electron chi connectivity index (χ0n) is 14.8. The van der Waals surface area contributed by atoms with Crippen molar-refractivity contribution in [3.63, 3.8) is 0 Å². The van der Waals surface area contributed by atoms with Crippen molar-refractivity contribution >= 4 is 5.91 Å². The van der Waals surface area contributed by atoms with Crippen LogP contribution in [-0.4, -0.2) is 51.7 Å². The predicted molar refractivity (Wildman–Crippen MR) is 94.1 cm³/mol. The molecule has 4 rings (SSSR count). The smallest absolute Gasteiger partial charge is 0.258 e. The van der Waals surface area contributed by atoms with Crippen molar-refractivity contribution in [3.05, 3.63) is 30.4 Å². The summed E-state index contributed by atoms with van der Waals surface area (Å²) in [4.78, 5) is 23.4. The standard InChI is InChI=1S/C19H24N4O3/c24-19(15-7-12-25-13-8-15)23-11-1-2-16(23)3-4-17-21-18(26-22-17)14-5-9-20-10-6-14/h5-6,9-10,15-16H,1-4,7-8,11-13H2. The molecule has 0 saturated carbocycles. The highest BCUT2D eigenvalue weighted by Crippen LogP contribution is 2.27. The molecule has 2 saturated heterocycles. The highest BCUT2D eigenvalue weighted by molar-refractivity contribution is 5.79. The molecule has 0 N–H and O–H groups in total. The molecule has 2 aliphatic heterocycles. The molecule has 2 fully saturated rings. The first-order valence-electron chi connectivity index (χ1n) is 9.42. The number of pyridine rings is 1. The molecule has 4 heterocycles. The molecule has 0 spiro atoms. The summed E-state index contributed by atoms with van der Waals surface area (Å²) in [7, 11) is 0. The molecule has 138 valence electrons. The van der Waals surface area contributed by atoms with E-state index in [1.807, 2.05) is 12.1 Å². The molecule has 0 aromatic carbocycles. The molecule has 1 unspecified atom stereocenters. The van der Waals surface area contributed by atoms with E-state index < -0.39 is 0 Å². The summed E-state index contributed by atoms with van der Waals surface area (Å²) in [5.41, 5.74) is 0.871. The largest absolute Gasteiger partial charge is 0.381 e. The first-order chi connectivity index (χ1) is 12.8. The molecule has 26 heavy (non-hydrogen) atoms. The molecule has 0 bridgehead atoms. The minimum absolute atomic E-state index is 0.132. The summed E-state index contributed by atoms with van der Waals surface area (Å²) >= 11 is 0. The van der Waals surface area contributed by atoms with Crippen molar-refractivity contribution in [2.24, 2.45) is 5.92 Å². The second kappa shape index (κ2) is 7.95. The fourth-order valence-corrected chi connectivity index (χ4v) is 3.87. The van der Waals surface area contributed by atoms with Crippen LogP contribution in [0.15, 0.2) is 29.0 Å². The number of rotatable bonds is 5. The Kier molecular flexibility index (Phi) is 5.24. The maximum Gasteiger partial charge on any atom is 0.258 e. The summed E-state index contributed by atoms with van der Waals surface area (Å²) in [5.74, 6) is 1.65. The average Bonchev–Trinajstić information content (AvgIpc) is 3.36. The number of nitrogens with zero attached hydrogens (tertiary/aromatic N) is 4. The first kappa shape index (κ1) is 17.1. The lowest BCUT2D eigenvalue weighted by molar-refractivity contribution is -0.139. The van der Waals surface area contributed by atoms with Crippen molar-refractivity contribution in [2.75, 3.05) is 19.8 Å². The molecule has 0 radical (unpaired) electrons. The fraction of sp³-hybridized carbons (Fsp3) is 0.579. The van der Waals surface area contributed by atoms with Gasteiger partial charge in [-0.3, -0.25) is 9.78 Å². The number of hydrogen-bond acceptors (Lipinski definition) is 6. The maximum absolute atomic E-state index is 12.8. The third kappa shape index (κ3) is 3.77. The lowest BCUT2D eigenvalue weighted by atomic mass is 9.97. The number of hydrogen-bond donors (Lipinski definition) is 0. The van der Waals surface area contributed by atoms with Crippen LogP contribution < -0.4 is 0 Å². The normalized spacial score (nSPS) is 21.2. The van der Waals surface area contributed by atoms with E-state index in [0.29, 0.717) is 30.8 Å². The molecule has 7 nitrogen and oxygen atoms in total. The van der Waals surface area contributed by atoms with Gasteiger partial charge < -0.3 is 14.2 Å². The van der Waals surface area contributed by atoms with E-state index in [0.717, 1.165) is 50.6 Å². The van der Waals surface area contributed by atoms with Crippen molar-refractivity contribution in [1.82, 2.24) is 20.0 Å². The number of likely N-dealkylation sites (tertiary alicyclic amines) is 1. The quantitative estimate of drug-likeness (QED) is 0.819. The number of aromatic nitrogens is 3. The minimum Gasteiger partial charge on any atom is -0.381 e. The van der Waals surface area contributed by atoms with Gasteiger partial charge in [0.25, 0.3) is 5.89 Å².